The standard InChI is InChI=1S/C19H17FN2O2/c1-13(22-12-21-11-18(22)19(23)24-2)16-5-3-4-6-17(16)14-7-9-15(20)10-8-14/h3-13H,1-2H3/t13-/m0/s1. The number of ether oxygens (including phenoxy) is 1. The minimum Gasteiger partial charge on any atom is -0.464 e. The van der Waals surface area contributed by atoms with Gasteiger partial charge in [-0.3, -0.25) is 0 Å². The molecular formula is C19H17FN2O2. The van der Waals surface area contributed by atoms with Crippen LogP contribution in [0.2, 0.25) is 0 Å². The Balaban J connectivity index is 2.06. The van der Waals surface area contributed by atoms with Crippen LogP contribution in [-0.2, 0) is 4.74 Å². The molecular weight excluding hydrogens is 307 g/mol. The lowest BCUT2D eigenvalue weighted by molar-refractivity contribution is 0.0587. The number of nitrogens with zero attached hydrogens (tertiary/aromatic N) is 2. The molecule has 1 aromatic heterocycles. The van der Waals surface area contributed by atoms with Gasteiger partial charge in [-0.15, -0.1) is 0 Å². The lowest BCUT2D eigenvalue weighted by Crippen LogP contribution is -2.15. The highest BCUT2D eigenvalue weighted by Crippen LogP contribution is 2.31. The van der Waals surface area contributed by atoms with E-state index in [-0.39, 0.29) is 11.9 Å². The van der Waals surface area contributed by atoms with Gasteiger partial charge in [0.25, 0.3) is 0 Å². The summed E-state index contributed by atoms with van der Waals surface area (Å²) in [6.45, 7) is 1.98. The second-order valence-electron chi connectivity index (χ2n) is 5.45. The molecule has 0 amide bonds. The van der Waals surface area contributed by atoms with E-state index in [0.717, 1.165) is 16.7 Å². The van der Waals surface area contributed by atoms with Crippen LogP contribution < -0.4 is 0 Å². The van der Waals surface area contributed by atoms with Crippen LogP contribution in [-0.4, -0.2) is 22.6 Å². The van der Waals surface area contributed by atoms with Gasteiger partial charge in [-0.05, 0) is 35.7 Å². The molecule has 0 unspecified atom stereocenters. The third kappa shape index (κ3) is 2.93. The summed E-state index contributed by atoms with van der Waals surface area (Å²) < 4.78 is 19.8. The summed E-state index contributed by atoms with van der Waals surface area (Å²) in [6, 6.07) is 14.1. The van der Waals surface area contributed by atoms with Gasteiger partial charge >= 0.3 is 5.97 Å². The summed E-state index contributed by atoms with van der Waals surface area (Å²) in [6.07, 6.45) is 3.10. The Hall–Kier alpha value is -2.95. The average molecular weight is 324 g/mol. The van der Waals surface area contributed by atoms with E-state index in [2.05, 4.69) is 4.98 Å². The quantitative estimate of drug-likeness (QED) is 0.679. The van der Waals surface area contributed by atoms with E-state index in [1.54, 1.807) is 23.0 Å². The highest BCUT2D eigenvalue weighted by atomic mass is 19.1. The minimum absolute atomic E-state index is 0.136. The normalized spacial score (nSPS) is 12.0. The largest absolute Gasteiger partial charge is 0.464 e. The average Bonchev–Trinajstić information content (AvgIpc) is 3.11. The lowest BCUT2D eigenvalue weighted by Gasteiger charge is -2.19. The lowest BCUT2D eigenvalue weighted by atomic mass is 9.95. The van der Waals surface area contributed by atoms with Crippen LogP contribution in [0.5, 0.6) is 0 Å². The van der Waals surface area contributed by atoms with Gasteiger partial charge in [0, 0.05) is 0 Å². The van der Waals surface area contributed by atoms with E-state index >= 15 is 0 Å². The summed E-state index contributed by atoms with van der Waals surface area (Å²) in [7, 11) is 1.34. The zero-order valence-corrected chi connectivity index (χ0v) is 13.4. The molecule has 5 heteroatoms. The van der Waals surface area contributed by atoms with Crippen LogP contribution in [0.25, 0.3) is 11.1 Å². The first-order valence-corrected chi connectivity index (χ1v) is 7.57. The van der Waals surface area contributed by atoms with Crippen molar-refractivity contribution < 1.29 is 13.9 Å². The Labute approximate surface area is 139 Å². The summed E-state index contributed by atoms with van der Waals surface area (Å²) in [5.41, 5.74) is 3.29. The van der Waals surface area contributed by atoms with Gasteiger partial charge in [-0.2, -0.15) is 0 Å². The Bertz CT molecular complexity index is 856. The van der Waals surface area contributed by atoms with Gasteiger partial charge in [0.05, 0.1) is 25.7 Å². The molecule has 0 fully saturated rings. The minimum atomic E-state index is -0.432. The van der Waals surface area contributed by atoms with Crippen molar-refractivity contribution in [1.82, 2.24) is 9.55 Å². The number of hydrogen-bond acceptors (Lipinski definition) is 3. The van der Waals surface area contributed by atoms with Gasteiger partial charge in [0.15, 0.2) is 0 Å². The summed E-state index contributed by atoms with van der Waals surface area (Å²) in [4.78, 5) is 16.0. The van der Waals surface area contributed by atoms with Crippen molar-refractivity contribution in [3.05, 3.63) is 78.1 Å². The fourth-order valence-electron chi connectivity index (χ4n) is 2.78. The summed E-state index contributed by atoms with van der Waals surface area (Å²) >= 11 is 0. The molecule has 0 N–H and O–H groups in total. The van der Waals surface area contributed by atoms with Crippen LogP contribution in [0, 0.1) is 5.82 Å². The highest BCUT2D eigenvalue weighted by molar-refractivity contribution is 5.87. The van der Waals surface area contributed by atoms with Crippen molar-refractivity contribution in [1.29, 1.82) is 0 Å². The number of esters is 1. The summed E-state index contributed by atoms with van der Waals surface area (Å²) in [5.74, 6) is -0.703. The van der Waals surface area contributed by atoms with Gasteiger partial charge < -0.3 is 9.30 Å². The maximum atomic E-state index is 13.2. The fourth-order valence-corrected chi connectivity index (χ4v) is 2.78. The fraction of sp³-hybridized carbons (Fsp3) is 0.158. The highest BCUT2D eigenvalue weighted by Gasteiger charge is 2.19. The van der Waals surface area contributed by atoms with Gasteiger partial charge in [-0.25, -0.2) is 14.2 Å². The maximum Gasteiger partial charge on any atom is 0.356 e. The Morgan fingerprint density at radius 1 is 1.17 bits per heavy atom. The molecule has 122 valence electrons. The predicted octanol–water partition coefficient (Wildman–Crippen LogP) is 4.09. The molecule has 24 heavy (non-hydrogen) atoms. The molecule has 3 aromatic rings. The Kier molecular flexibility index (Phi) is 4.42. The first-order chi connectivity index (χ1) is 11.6. The van der Waals surface area contributed by atoms with Crippen LogP contribution >= 0.6 is 0 Å². The monoisotopic (exact) mass is 324 g/mol. The number of methoxy groups -OCH3 is 1. The molecule has 0 spiro atoms. The molecule has 0 aliphatic rings. The number of benzene rings is 2. The van der Waals surface area contributed by atoms with Gasteiger partial charge in [0.2, 0.25) is 0 Å². The van der Waals surface area contributed by atoms with Gasteiger partial charge in [0.1, 0.15) is 11.5 Å². The molecule has 0 aliphatic carbocycles. The Morgan fingerprint density at radius 2 is 1.88 bits per heavy atom. The molecule has 0 aliphatic heterocycles. The first-order valence-electron chi connectivity index (χ1n) is 7.57. The molecule has 2 aromatic carbocycles. The van der Waals surface area contributed by atoms with Crippen LogP contribution in [0.15, 0.2) is 61.1 Å². The SMILES string of the molecule is COC(=O)c1cncn1[C@@H](C)c1ccccc1-c1ccc(F)cc1. The van der Waals surface area contributed by atoms with Crippen molar-refractivity contribution in [2.45, 2.75) is 13.0 Å². The maximum absolute atomic E-state index is 13.2. The smallest absolute Gasteiger partial charge is 0.356 e. The van der Waals surface area contributed by atoms with Crippen LogP contribution in [0.3, 0.4) is 0 Å². The molecule has 1 heterocycles. The first kappa shape index (κ1) is 15.9. The molecule has 4 nitrogen and oxygen atoms in total. The number of hydrogen-bond donors (Lipinski definition) is 0. The number of rotatable bonds is 4. The van der Waals surface area contributed by atoms with E-state index in [0.29, 0.717) is 5.69 Å². The topological polar surface area (TPSA) is 44.1 Å². The Morgan fingerprint density at radius 3 is 2.58 bits per heavy atom. The third-order valence-corrected chi connectivity index (χ3v) is 4.04. The molecule has 1 atom stereocenters. The zero-order chi connectivity index (χ0) is 17.1. The van der Waals surface area contributed by atoms with Crippen LogP contribution in [0.1, 0.15) is 29.0 Å². The summed E-state index contributed by atoms with van der Waals surface area (Å²) in [5, 5.41) is 0. The van der Waals surface area contributed by atoms with Crippen molar-refractivity contribution in [3.63, 3.8) is 0 Å². The molecule has 0 radical (unpaired) electrons. The van der Waals surface area contributed by atoms with E-state index < -0.39 is 5.97 Å². The van der Waals surface area contributed by atoms with Crippen LogP contribution in [0.4, 0.5) is 4.39 Å². The van der Waals surface area contributed by atoms with Crippen molar-refractivity contribution in [2.24, 2.45) is 0 Å². The number of carbonyl (C=O) groups is 1. The third-order valence-electron chi connectivity index (χ3n) is 4.04. The second kappa shape index (κ2) is 6.66. The number of aromatic nitrogens is 2. The number of imidazole rings is 1. The number of halogens is 1. The van der Waals surface area contributed by atoms with E-state index in [4.69, 9.17) is 4.74 Å². The molecule has 0 saturated carbocycles. The predicted molar refractivity (Wildman–Crippen MR) is 89.2 cm³/mol. The number of carbonyl (C=O) groups excluding carboxylic acids is 1. The van der Waals surface area contributed by atoms with Crippen molar-refractivity contribution >= 4 is 5.97 Å². The van der Waals surface area contributed by atoms with Crippen molar-refractivity contribution in [3.8, 4) is 11.1 Å². The van der Waals surface area contributed by atoms with Crippen molar-refractivity contribution in [2.75, 3.05) is 7.11 Å². The van der Waals surface area contributed by atoms with E-state index in [1.165, 1.54) is 25.4 Å². The van der Waals surface area contributed by atoms with E-state index in [9.17, 15) is 9.18 Å². The second-order valence-corrected chi connectivity index (χ2v) is 5.45. The molecule has 0 saturated heterocycles. The zero-order valence-electron chi connectivity index (χ0n) is 13.4. The van der Waals surface area contributed by atoms with Gasteiger partial charge in [-0.1, -0.05) is 36.4 Å². The molecule has 3 rings (SSSR count). The van der Waals surface area contributed by atoms with E-state index in [1.807, 2.05) is 31.2 Å². The molecule has 0 bridgehead atoms.